The molecule has 1 aromatic heterocycles. The average Bonchev–Trinajstić information content (AvgIpc) is 2.25. The predicted octanol–water partition coefficient (Wildman–Crippen LogP) is 2.20. The van der Waals surface area contributed by atoms with E-state index < -0.39 is 11.9 Å². The summed E-state index contributed by atoms with van der Waals surface area (Å²) in [6.45, 7) is 3.67. The number of rotatable bonds is 3. The number of hydrogen-bond acceptors (Lipinski definition) is 4. The zero-order valence-electron chi connectivity index (χ0n) is 10.5. The molecule has 0 aliphatic rings. The third-order valence-electron chi connectivity index (χ3n) is 1.85. The second kappa shape index (κ2) is 6.00. The van der Waals surface area contributed by atoms with Crippen LogP contribution in [0.2, 0.25) is 0 Å². The highest BCUT2D eigenvalue weighted by atomic mass is 32.1. The molecule has 9 heteroatoms. The van der Waals surface area contributed by atoms with Gasteiger partial charge in [-0.3, -0.25) is 0 Å². The normalized spacial score (nSPS) is 11.3. The molecule has 0 atom stereocenters. The summed E-state index contributed by atoms with van der Waals surface area (Å²) in [6, 6.07) is 0.747. The van der Waals surface area contributed by atoms with E-state index in [2.05, 4.69) is 20.6 Å². The molecule has 0 saturated heterocycles. The number of methoxy groups -OCH3 is 1. The maximum Gasteiger partial charge on any atom is 0.433 e. The van der Waals surface area contributed by atoms with E-state index in [1.165, 1.54) is 7.11 Å². The lowest BCUT2D eigenvalue weighted by Gasteiger charge is -2.14. The van der Waals surface area contributed by atoms with Crippen LogP contribution in [0.3, 0.4) is 0 Å². The monoisotopic (exact) mass is 294 g/mol. The minimum atomic E-state index is -4.58. The van der Waals surface area contributed by atoms with Crippen LogP contribution in [0, 0.1) is 0 Å². The summed E-state index contributed by atoms with van der Waals surface area (Å²) in [6.07, 6.45) is -4.58. The van der Waals surface area contributed by atoms with Gasteiger partial charge in [0.15, 0.2) is 10.8 Å². The van der Waals surface area contributed by atoms with E-state index in [0.29, 0.717) is 6.07 Å². The Hall–Kier alpha value is -1.64. The molecule has 1 heterocycles. The molecule has 0 radical (unpaired) electrons. The number of nitrogens with zero attached hydrogens (tertiary/aromatic N) is 2. The zero-order chi connectivity index (χ0) is 14.6. The van der Waals surface area contributed by atoms with E-state index in [9.17, 15) is 13.2 Å². The van der Waals surface area contributed by atoms with E-state index in [1.54, 1.807) is 0 Å². The van der Waals surface area contributed by atoms with E-state index in [-0.39, 0.29) is 23.0 Å². The van der Waals surface area contributed by atoms with Gasteiger partial charge in [0.05, 0.1) is 7.11 Å². The van der Waals surface area contributed by atoms with Crippen molar-refractivity contribution in [3.05, 3.63) is 11.8 Å². The van der Waals surface area contributed by atoms with Gasteiger partial charge < -0.3 is 15.4 Å². The van der Waals surface area contributed by atoms with Gasteiger partial charge in [0.25, 0.3) is 0 Å². The third-order valence-corrected chi connectivity index (χ3v) is 2.07. The van der Waals surface area contributed by atoms with Crippen LogP contribution in [-0.2, 0) is 6.18 Å². The summed E-state index contributed by atoms with van der Waals surface area (Å²) in [5.41, 5.74) is -1.10. The first-order valence-corrected chi connectivity index (χ1v) is 5.71. The number of alkyl halides is 3. The number of thiocarbonyl (C=S) groups is 1. The summed E-state index contributed by atoms with van der Waals surface area (Å²) < 4.78 is 42.5. The highest BCUT2D eigenvalue weighted by Crippen LogP contribution is 2.30. The molecule has 0 aliphatic heterocycles. The van der Waals surface area contributed by atoms with Crippen molar-refractivity contribution in [1.29, 1.82) is 0 Å². The number of anilines is 1. The van der Waals surface area contributed by atoms with Crippen molar-refractivity contribution < 1.29 is 17.9 Å². The van der Waals surface area contributed by atoms with Gasteiger partial charge >= 0.3 is 6.18 Å². The summed E-state index contributed by atoms with van der Waals surface area (Å²) in [5.74, 6) is -0.470. The molecule has 0 aromatic carbocycles. The number of hydrogen-bond donors (Lipinski definition) is 2. The minimum Gasteiger partial charge on any atom is -0.481 e. The van der Waals surface area contributed by atoms with Gasteiger partial charge in [-0.05, 0) is 26.1 Å². The lowest BCUT2D eigenvalue weighted by Crippen LogP contribution is -2.34. The van der Waals surface area contributed by atoms with E-state index in [0.717, 1.165) is 0 Å². The van der Waals surface area contributed by atoms with Crippen molar-refractivity contribution in [3.63, 3.8) is 0 Å². The Balaban J connectivity index is 2.98. The highest BCUT2D eigenvalue weighted by Gasteiger charge is 2.34. The fraction of sp³-hybridized carbons (Fsp3) is 0.500. The predicted molar refractivity (Wildman–Crippen MR) is 68.1 cm³/mol. The van der Waals surface area contributed by atoms with Gasteiger partial charge in [-0.15, -0.1) is 0 Å². The summed E-state index contributed by atoms with van der Waals surface area (Å²) in [5, 5.41) is 5.42. The first kappa shape index (κ1) is 15.4. The number of nitrogens with one attached hydrogen (secondary N) is 2. The first-order valence-electron chi connectivity index (χ1n) is 5.30. The van der Waals surface area contributed by atoms with Crippen LogP contribution in [-0.4, -0.2) is 28.2 Å². The molecule has 0 saturated carbocycles. The van der Waals surface area contributed by atoms with Crippen molar-refractivity contribution in [2.24, 2.45) is 0 Å². The molecule has 5 nitrogen and oxygen atoms in total. The lowest BCUT2D eigenvalue weighted by molar-refractivity contribution is -0.141. The molecule has 1 rings (SSSR count). The van der Waals surface area contributed by atoms with Crippen LogP contribution < -0.4 is 15.4 Å². The Morgan fingerprint density at radius 3 is 2.47 bits per heavy atom. The van der Waals surface area contributed by atoms with Crippen LogP contribution in [0.25, 0.3) is 0 Å². The molecule has 0 unspecified atom stereocenters. The Morgan fingerprint density at radius 2 is 2.00 bits per heavy atom. The molecule has 1 aromatic rings. The van der Waals surface area contributed by atoms with Gasteiger partial charge in [-0.25, -0.2) is 4.98 Å². The van der Waals surface area contributed by atoms with Gasteiger partial charge in [0, 0.05) is 12.1 Å². The molecule has 0 aliphatic carbocycles. The minimum absolute atomic E-state index is 0.0349. The molecule has 106 valence electrons. The average molecular weight is 294 g/mol. The summed E-state index contributed by atoms with van der Waals surface area (Å²) in [7, 11) is 1.22. The Bertz CT molecular complexity index is 465. The SMILES string of the molecule is COc1cc(C(F)(F)F)nc(NC(=S)NC(C)C)n1. The molecular weight excluding hydrogens is 281 g/mol. The lowest BCUT2D eigenvalue weighted by atomic mass is 10.4. The molecule has 0 bridgehead atoms. The van der Waals surface area contributed by atoms with Crippen molar-refractivity contribution in [3.8, 4) is 5.88 Å². The molecule has 0 fully saturated rings. The molecule has 0 amide bonds. The largest absolute Gasteiger partial charge is 0.481 e. The fourth-order valence-corrected chi connectivity index (χ4v) is 1.46. The number of halogens is 3. The van der Waals surface area contributed by atoms with Crippen molar-refractivity contribution in [2.75, 3.05) is 12.4 Å². The first-order chi connectivity index (χ1) is 8.72. The number of ether oxygens (including phenoxy) is 1. The van der Waals surface area contributed by atoms with Crippen LogP contribution >= 0.6 is 12.2 Å². The quantitative estimate of drug-likeness (QED) is 0.834. The number of aromatic nitrogens is 2. The Morgan fingerprint density at radius 1 is 1.37 bits per heavy atom. The second-order valence-corrected chi connectivity index (χ2v) is 4.28. The van der Waals surface area contributed by atoms with E-state index in [4.69, 9.17) is 17.0 Å². The smallest absolute Gasteiger partial charge is 0.433 e. The maximum absolute atomic E-state index is 12.6. The molecule has 0 spiro atoms. The maximum atomic E-state index is 12.6. The van der Waals surface area contributed by atoms with Gasteiger partial charge in [-0.1, -0.05) is 0 Å². The van der Waals surface area contributed by atoms with Crippen LogP contribution in [0.15, 0.2) is 6.07 Å². The fourth-order valence-electron chi connectivity index (χ4n) is 1.13. The molecule has 19 heavy (non-hydrogen) atoms. The van der Waals surface area contributed by atoms with Crippen LogP contribution in [0.5, 0.6) is 5.88 Å². The summed E-state index contributed by atoms with van der Waals surface area (Å²) >= 11 is 4.90. The van der Waals surface area contributed by atoms with Crippen molar-refractivity contribution in [2.45, 2.75) is 26.1 Å². The highest BCUT2D eigenvalue weighted by molar-refractivity contribution is 7.80. The van der Waals surface area contributed by atoms with Gasteiger partial charge in [-0.2, -0.15) is 18.2 Å². The van der Waals surface area contributed by atoms with E-state index in [1.807, 2.05) is 13.8 Å². The van der Waals surface area contributed by atoms with Crippen molar-refractivity contribution >= 4 is 23.3 Å². The van der Waals surface area contributed by atoms with Gasteiger partial charge in [0.1, 0.15) is 0 Å². The topological polar surface area (TPSA) is 59.1 Å². The van der Waals surface area contributed by atoms with E-state index >= 15 is 0 Å². The Labute approximate surface area is 113 Å². The zero-order valence-corrected chi connectivity index (χ0v) is 11.3. The van der Waals surface area contributed by atoms with Crippen LogP contribution in [0.1, 0.15) is 19.5 Å². The standard InChI is InChI=1S/C10H13F3N4OS/c1-5(2)14-9(19)17-8-15-6(10(11,12)13)4-7(16-8)18-3/h4-5H,1-3H3,(H2,14,15,16,17,19). The summed E-state index contributed by atoms with van der Waals surface area (Å²) in [4.78, 5) is 7.09. The van der Waals surface area contributed by atoms with Crippen LogP contribution in [0.4, 0.5) is 19.1 Å². The molecular formula is C10H13F3N4OS. The third kappa shape index (κ3) is 4.86. The van der Waals surface area contributed by atoms with Gasteiger partial charge in [0.2, 0.25) is 11.8 Å². The molecule has 2 N–H and O–H groups in total. The Kier molecular flexibility index (Phi) is 4.87. The van der Waals surface area contributed by atoms with Crippen molar-refractivity contribution in [1.82, 2.24) is 15.3 Å². The second-order valence-electron chi connectivity index (χ2n) is 3.87.